The Morgan fingerprint density at radius 2 is 1.90 bits per heavy atom. The number of aryl methyl sites for hydroxylation is 1. The zero-order chi connectivity index (χ0) is 13.9. The van der Waals surface area contributed by atoms with E-state index in [-0.39, 0.29) is 0 Å². The topological polar surface area (TPSA) is 38.9 Å². The van der Waals surface area contributed by atoms with E-state index < -0.39 is 0 Å². The number of rotatable bonds is 3. The largest absolute Gasteiger partial charge is 0.339 e. The Labute approximate surface area is 125 Å². The normalized spacial score (nSPS) is 10.7. The second kappa shape index (κ2) is 5.59. The summed E-state index contributed by atoms with van der Waals surface area (Å²) in [7, 11) is 0. The summed E-state index contributed by atoms with van der Waals surface area (Å²) in [6.45, 7) is 2.07. The van der Waals surface area contributed by atoms with Crippen LogP contribution in [0.2, 0.25) is 0 Å². The fourth-order valence-electron chi connectivity index (χ4n) is 1.95. The first-order chi connectivity index (χ1) is 9.70. The number of hydrogen-bond acceptors (Lipinski definition) is 3. The highest BCUT2D eigenvalue weighted by molar-refractivity contribution is 9.10. The predicted octanol–water partition coefficient (Wildman–Crippen LogP) is 4.40. The molecule has 100 valence electrons. The molecule has 0 fully saturated rings. The smallest absolute Gasteiger partial charge is 0.231 e. The Morgan fingerprint density at radius 3 is 2.65 bits per heavy atom. The van der Waals surface area contributed by atoms with Gasteiger partial charge in [-0.25, -0.2) is 0 Å². The molecule has 0 spiro atoms. The minimum absolute atomic E-state index is 0.619. The van der Waals surface area contributed by atoms with E-state index in [9.17, 15) is 0 Å². The van der Waals surface area contributed by atoms with E-state index in [0.29, 0.717) is 18.1 Å². The van der Waals surface area contributed by atoms with Crippen molar-refractivity contribution in [2.45, 2.75) is 13.3 Å². The second-order valence-corrected chi connectivity index (χ2v) is 5.60. The molecule has 0 atom stereocenters. The number of halogens is 1. The van der Waals surface area contributed by atoms with Gasteiger partial charge < -0.3 is 4.52 Å². The molecule has 4 heteroatoms. The first kappa shape index (κ1) is 13.1. The molecule has 20 heavy (non-hydrogen) atoms. The SMILES string of the molecule is Cc1ccc(Cc2nc(-c3cccc(Br)c3)no2)cc1. The summed E-state index contributed by atoms with van der Waals surface area (Å²) in [5, 5.41) is 4.03. The lowest BCUT2D eigenvalue weighted by Gasteiger charge is -1.97. The van der Waals surface area contributed by atoms with Crippen LogP contribution in [0.25, 0.3) is 11.4 Å². The first-order valence-corrected chi connectivity index (χ1v) is 7.14. The number of aromatic nitrogens is 2. The van der Waals surface area contributed by atoms with E-state index in [2.05, 4.69) is 57.3 Å². The average Bonchev–Trinajstić information content (AvgIpc) is 2.90. The Kier molecular flexibility index (Phi) is 3.65. The van der Waals surface area contributed by atoms with Gasteiger partial charge in [-0.05, 0) is 24.6 Å². The number of nitrogens with zero attached hydrogens (tertiary/aromatic N) is 2. The second-order valence-electron chi connectivity index (χ2n) is 4.68. The third-order valence-electron chi connectivity index (χ3n) is 3.03. The van der Waals surface area contributed by atoms with E-state index >= 15 is 0 Å². The maximum absolute atomic E-state index is 5.32. The summed E-state index contributed by atoms with van der Waals surface area (Å²) < 4.78 is 6.32. The molecule has 3 nitrogen and oxygen atoms in total. The van der Waals surface area contributed by atoms with E-state index in [1.807, 2.05) is 24.3 Å². The molecule has 1 aromatic heterocycles. The summed E-state index contributed by atoms with van der Waals surface area (Å²) in [5.74, 6) is 1.25. The van der Waals surface area contributed by atoms with Crippen LogP contribution in [0.4, 0.5) is 0 Å². The van der Waals surface area contributed by atoms with Crippen LogP contribution in [0, 0.1) is 6.92 Å². The molecule has 0 amide bonds. The summed E-state index contributed by atoms with van der Waals surface area (Å²) in [5.41, 5.74) is 3.35. The van der Waals surface area contributed by atoms with Gasteiger partial charge in [0, 0.05) is 10.0 Å². The van der Waals surface area contributed by atoms with Gasteiger partial charge in [0.2, 0.25) is 11.7 Å². The molecule has 0 saturated heterocycles. The maximum Gasteiger partial charge on any atom is 0.231 e. The molecule has 2 aromatic carbocycles. The molecule has 3 aromatic rings. The first-order valence-electron chi connectivity index (χ1n) is 6.35. The van der Waals surface area contributed by atoms with Gasteiger partial charge in [-0.1, -0.05) is 63.0 Å². The molecule has 0 saturated carbocycles. The van der Waals surface area contributed by atoms with Crippen LogP contribution >= 0.6 is 15.9 Å². The molecule has 0 N–H and O–H groups in total. The number of benzene rings is 2. The van der Waals surface area contributed by atoms with Gasteiger partial charge in [-0.15, -0.1) is 0 Å². The highest BCUT2D eigenvalue weighted by atomic mass is 79.9. The van der Waals surface area contributed by atoms with Gasteiger partial charge in [0.1, 0.15) is 0 Å². The molecule has 0 unspecified atom stereocenters. The Bertz CT molecular complexity index is 719. The van der Waals surface area contributed by atoms with Crippen LogP contribution in [0.5, 0.6) is 0 Å². The molecule has 3 rings (SSSR count). The van der Waals surface area contributed by atoms with Crippen LogP contribution in [-0.4, -0.2) is 10.1 Å². The lowest BCUT2D eigenvalue weighted by molar-refractivity contribution is 0.385. The minimum Gasteiger partial charge on any atom is -0.339 e. The van der Waals surface area contributed by atoms with Crippen LogP contribution in [-0.2, 0) is 6.42 Å². The molecule has 0 aliphatic carbocycles. The van der Waals surface area contributed by atoms with Crippen LogP contribution in [0.1, 0.15) is 17.0 Å². The van der Waals surface area contributed by atoms with Gasteiger partial charge in [-0.3, -0.25) is 0 Å². The van der Waals surface area contributed by atoms with Gasteiger partial charge in [0.05, 0.1) is 6.42 Å². The zero-order valence-corrected chi connectivity index (χ0v) is 12.6. The molecule has 0 radical (unpaired) electrons. The Balaban J connectivity index is 1.82. The Hall–Kier alpha value is -1.94. The van der Waals surface area contributed by atoms with Gasteiger partial charge in [0.25, 0.3) is 0 Å². The van der Waals surface area contributed by atoms with Crippen molar-refractivity contribution >= 4 is 15.9 Å². The lowest BCUT2D eigenvalue weighted by atomic mass is 10.1. The van der Waals surface area contributed by atoms with Crippen molar-refractivity contribution in [3.63, 3.8) is 0 Å². The number of hydrogen-bond donors (Lipinski definition) is 0. The van der Waals surface area contributed by atoms with Gasteiger partial charge >= 0.3 is 0 Å². The van der Waals surface area contributed by atoms with Crippen LogP contribution < -0.4 is 0 Å². The molecular formula is C16H13BrN2O. The van der Waals surface area contributed by atoms with E-state index in [1.54, 1.807) is 0 Å². The fraction of sp³-hybridized carbons (Fsp3) is 0.125. The standard InChI is InChI=1S/C16H13BrN2O/c1-11-5-7-12(8-6-11)9-15-18-16(19-20-15)13-3-2-4-14(17)10-13/h2-8,10H,9H2,1H3. The van der Waals surface area contributed by atoms with Crippen molar-refractivity contribution < 1.29 is 4.52 Å². The summed E-state index contributed by atoms with van der Waals surface area (Å²) >= 11 is 3.44. The highest BCUT2D eigenvalue weighted by Crippen LogP contribution is 2.21. The molecule has 1 heterocycles. The summed E-state index contributed by atoms with van der Waals surface area (Å²) in [6, 6.07) is 16.2. The van der Waals surface area contributed by atoms with Crippen molar-refractivity contribution in [1.82, 2.24) is 10.1 Å². The van der Waals surface area contributed by atoms with Crippen LogP contribution in [0.3, 0.4) is 0 Å². The third kappa shape index (κ3) is 2.96. The van der Waals surface area contributed by atoms with Crippen molar-refractivity contribution in [3.05, 3.63) is 70.0 Å². The molecule has 0 aliphatic rings. The molecule has 0 bridgehead atoms. The van der Waals surface area contributed by atoms with Crippen molar-refractivity contribution in [3.8, 4) is 11.4 Å². The van der Waals surface area contributed by atoms with Crippen LogP contribution in [0.15, 0.2) is 57.5 Å². The minimum atomic E-state index is 0.619. The lowest BCUT2D eigenvalue weighted by Crippen LogP contribution is -1.88. The van der Waals surface area contributed by atoms with E-state index in [1.165, 1.54) is 11.1 Å². The Morgan fingerprint density at radius 1 is 1.10 bits per heavy atom. The quantitative estimate of drug-likeness (QED) is 0.715. The molecule has 0 aliphatic heterocycles. The maximum atomic E-state index is 5.32. The van der Waals surface area contributed by atoms with E-state index in [4.69, 9.17) is 4.52 Å². The zero-order valence-electron chi connectivity index (χ0n) is 11.0. The monoisotopic (exact) mass is 328 g/mol. The fourth-order valence-corrected chi connectivity index (χ4v) is 2.35. The third-order valence-corrected chi connectivity index (χ3v) is 3.52. The highest BCUT2D eigenvalue weighted by Gasteiger charge is 2.09. The summed E-state index contributed by atoms with van der Waals surface area (Å²) in [4.78, 5) is 4.44. The van der Waals surface area contributed by atoms with E-state index in [0.717, 1.165) is 10.0 Å². The average molecular weight is 329 g/mol. The van der Waals surface area contributed by atoms with Crippen molar-refractivity contribution in [1.29, 1.82) is 0 Å². The molecular weight excluding hydrogens is 316 g/mol. The van der Waals surface area contributed by atoms with Crippen molar-refractivity contribution in [2.75, 3.05) is 0 Å². The van der Waals surface area contributed by atoms with Gasteiger partial charge in [0.15, 0.2) is 0 Å². The van der Waals surface area contributed by atoms with Crippen molar-refractivity contribution in [2.24, 2.45) is 0 Å². The predicted molar refractivity (Wildman–Crippen MR) is 81.4 cm³/mol. The summed E-state index contributed by atoms with van der Waals surface area (Å²) in [6.07, 6.45) is 0.654. The van der Waals surface area contributed by atoms with Gasteiger partial charge in [-0.2, -0.15) is 4.98 Å².